The Morgan fingerprint density at radius 2 is 0.485 bits per heavy atom. The van der Waals surface area contributed by atoms with Gasteiger partial charge in [0.15, 0.2) is 6.10 Å². The molecule has 0 fully saturated rings. The van der Waals surface area contributed by atoms with Crippen LogP contribution < -0.4 is 0 Å². The number of hydrogen-bond donors (Lipinski definition) is 0. The zero-order valence-corrected chi connectivity index (χ0v) is 46.7. The first-order chi connectivity index (χ1) is 33.2. The van der Waals surface area contributed by atoms with Gasteiger partial charge in [-0.15, -0.1) is 0 Å². The normalized spacial score (nSPS) is 12.0. The largest absolute Gasteiger partial charge is 0.462 e. The molecule has 6 heteroatoms. The molecule has 0 saturated carbocycles. The van der Waals surface area contributed by atoms with Crippen LogP contribution in [0.5, 0.6) is 0 Å². The molecule has 0 aromatic heterocycles. The summed E-state index contributed by atoms with van der Waals surface area (Å²) in [4.78, 5) is 38.2. The average Bonchev–Trinajstić information content (AvgIpc) is 3.31. The van der Waals surface area contributed by atoms with Crippen molar-refractivity contribution in [3.8, 4) is 0 Å². The molecule has 0 amide bonds. The first-order valence-electron chi connectivity index (χ1n) is 30.7. The van der Waals surface area contributed by atoms with E-state index in [9.17, 15) is 14.4 Å². The van der Waals surface area contributed by atoms with Crippen molar-refractivity contribution in [2.75, 3.05) is 13.2 Å². The SMILES string of the molecule is CCCCCCCCCCCCCCCC(=O)OC[C@@H](COC(=O)CCCCCCCCCCCCCCCCCC(C)C)OC(=O)CCCCCCCCCCCCCCCCCCC(C)C. The van der Waals surface area contributed by atoms with Gasteiger partial charge >= 0.3 is 17.9 Å². The zero-order chi connectivity index (χ0) is 49.6. The van der Waals surface area contributed by atoms with E-state index in [2.05, 4.69) is 34.6 Å². The summed E-state index contributed by atoms with van der Waals surface area (Å²) in [7, 11) is 0. The van der Waals surface area contributed by atoms with E-state index < -0.39 is 6.10 Å². The summed E-state index contributed by atoms with van der Waals surface area (Å²) in [5.74, 6) is 0.867. The Kier molecular flexibility index (Phi) is 53.5. The van der Waals surface area contributed by atoms with E-state index in [1.165, 1.54) is 238 Å². The van der Waals surface area contributed by atoms with Crippen LogP contribution in [0.1, 0.15) is 349 Å². The van der Waals surface area contributed by atoms with Gasteiger partial charge in [-0.1, -0.05) is 311 Å². The van der Waals surface area contributed by atoms with Gasteiger partial charge in [0.2, 0.25) is 0 Å². The maximum absolute atomic E-state index is 12.9. The number of rotatable bonds is 56. The van der Waals surface area contributed by atoms with Crippen molar-refractivity contribution in [2.45, 2.75) is 355 Å². The summed E-state index contributed by atoms with van der Waals surface area (Å²) in [6.45, 7) is 11.4. The highest BCUT2D eigenvalue weighted by molar-refractivity contribution is 5.71. The highest BCUT2D eigenvalue weighted by atomic mass is 16.6. The molecule has 0 aliphatic heterocycles. The quantitative estimate of drug-likeness (QED) is 0.0343. The van der Waals surface area contributed by atoms with E-state index in [4.69, 9.17) is 14.2 Å². The molecular weight excluding hydrogens is 841 g/mol. The third-order valence-electron chi connectivity index (χ3n) is 14.2. The van der Waals surface area contributed by atoms with E-state index >= 15 is 0 Å². The molecule has 0 aromatic carbocycles. The molecule has 68 heavy (non-hydrogen) atoms. The summed E-state index contributed by atoms with van der Waals surface area (Å²) in [5, 5.41) is 0. The summed E-state index contributed by atoms with van der Waals surface area (Å²) >= 11 is 0. The van der Waals surface area contributed by atoms with Gasteiger partial charge in [0.25, 0.3) is 0 Å². The molecule has 0 aliphatic carbocycles. The van der Waals surface area contributed by atoms with Crippen molar-refractivity contribution in [1.82, 2.24) is 0 Å². The Bertz CT molecular complexity index is 1040. The number of unbranched alkanes of at least 4 members (excludes halogenated alkanes) is 41. The Morgan fingerprint density at radius 3 is 0.721 bits per heavy atom. The Morgan fingerprint density at radius 1 is 0.279 bits per heavy atom. The van der Waals surface area contributed by atoms with Crippen molar-refractivity contribution in [3.63, 3.8) is 0 Å². The predicted octanol–water partition coefficient (Wildman–Crippen LogP) is 20.4. The van der Waals surface area contributed by atoms with Crippen molar-refractivity contribution in [2.24, 2.45) is 11.8 Å². The Balaban J connectivity index is 4.27. The first-order valence-corrected chi connectivity index (χ1v) is 30.7. The summed E-state index contributed by atoms with van der Waals surface area (Å²) in [6.07, 6.45) is 59.5. The predicted molar refractivity (Wildman–Crippen MR) is 293 cm³/mol. The Hall–Kier alpha value is -1.59. The van der Waals surface area contributed by atoms with Crippen LogP contribution in [0.25, 0.3) is 0 Å². The van der Waals surface area contributed by atoms with Gasteiger partial charge < -0.3 is 14.2 Å². The van der Waals surface area contributed by atoms with Crippen LogP contribution in [0.3, 0.4) is 0 Å². The lowest BCUT2D eigenvalue weighted by Gasteiger charge is -2.18. The summed E-state index contributed by atoms with van der Waals surface area (Å²) in [6, 6.07) is 0. The van der Waals surface area contributed by atoms with Crippen LogP contribution in [-0.4, -0.2) is 37.2 Å². The molecule has 404 valence electrons. The molecule has 0 N–H and O–H groups in total. The monoisotopic (exact) mass is 961 g/mol. The van der Waals surface area contributed by atoms with Crippen LogP contribution >= 0.6 is 0 Å². The minimum absolute atomic E-state index is 0.0620. The third kappa shape index (κ3) is 55.3. The van der Waals surface area contributed by atoms with Gasteiger partial charge in [0, 0.05) is 19.3 Å². The maximum Gasteiger partial charge on any atom is 0.306 e. The second-order valence-electron chi connectivity index (χ2n) is 22.3. The van der Waals surface area contributed by atoms with Gasteiger partial charge in [-0.05, 0) is 31.1 Å². The van der Waals surface area contributed by atoms with Crippen molar-refractivity contribution >= 4 is 17.9 Å². The second-order valence-corrected chi connectivity index (χ2v) is 22.3. The molecule has 0 unspecified atom stereocenters. The number of carbonyl (C=O) groups excluding carboxylic acids is 3. The van der Waals surface area contributed by atoms with Gasteiger partial charge in [-0.25, -0.2) is 0 Å². The molecule has 0 rings (SSSR count). The van der Waals surface area contributed by atoms with E-state index in [1.807, 2.05) is 0 Å². The molecular formula is C62H120O6. The highest BCUT2D eigenvalue weighted by Gasteiger charge is 2.19. The maximum atomic E-state index is 12.9. The van der Waals surface area contributed by atoms with Crippen LogP contribution in [-0.2, 0) is 28.6 Å². The fourth-order valence-electron chi connectivity index (χ4n) is 9.58. The fourth-order valence-corrected chi connectivity index (χ4v) is 9.58. The summed E-state index contributed by atoms with van der Waals surface area (Å²) in [5.41, 5.74) is 0. The number of carbonyl (C=O) groups is 3. The van der Waals surface area contributed by atoms with Crippen molar-refractivity contribution < 1.29 is 28.6 Å². The molecule has 0 aromatic rings. The van der Waals surface area contributed by atoms with Crippen molar-refractivity contribution in [3.05, 3.63) is 0 Å². The first kappa shape index (κ1) is 66.4. The topological polar surface area (TPSA) is 78.9 Å². The number of hydrogen-bond acceptors (Lipinski definition) is 6. The number of ether oxygens (including phenoxy) is 3. The van der Waals surface area contributed by atoms with Crippen LogP contribution in [0, 0.1) is 11.8 Å². The third-order valence-corrected chi connectivity index (χ3v) is 14.2. The van der Waals surface area contributed by atoms with E-state index in [0.29, 0.717) is 19.3 Å². The zero-order valence-electron chi connectivity index (χ0n) is 46.7. The van der Waals surface area contributed by atoms with Crippen molar-refractivity contribution in [1.29, 1.82) is 0 Å². The van der Waals surface area contributed by atoms with Gasteiger partial charge in [0.1, 0.15) is 13.2 Å². The lowest BCUT2D eigenvalue weighted by molar-refractivity contribution is -0.167. The van der Waals surface area contributed by atoms with E-state index in [1.54, 1.807) is 0 Å². The highest BCUT2D eigenvalue weighted by Crippen LogP contribution is 2.19. The average molecular weight is 962 g/mol. The van der Waals surface area contributed by atoms with Crippen LogP contribution in [0.2, 0.25) is 0 Å². The Labute approximate surface area is 425 Å². The standard InChI is InChI=1S/C62H120O6/c1-6-7-8-9-10-11-12-20-27-32-37-42-47-52-60(63)66-55-59(56-67-61(64)53-48-43-38-33-28-23-19-15-17-22-26-31-36-41-46-51-58(4)5)68-62(65)54-49-44-39-34-29-24-18-14-13-16-21-25-30-35-40-45-50-57(2)3/h57-59H,6-56H2,1-5H3/t59-/m0/s1. The summed E-state index contributed by atoms with van der Waals surface area (Å²) < 4.78 is 16.9. The van der Waals surface area contributed by atoms with E-state index in [-0.39, 0.29) is 31.1 Å². The lowest BCUT2D eigenvalue weighted by Crippen LogP contribution is -2.30. The van der Waals surface area contributed by atoms with Crippen LogP contribution in [0.4, 0.5) is 0 Å². The molecule has 0 radical (unpaired) electrons. The molecule has 0 bridgehead atoms. The molecule has 1 atom stereocenters. The minimum atomic E-state index is -0.763. The fraction of sp³-hybridized carbons (Fsp3) is 0.952. The molecule has 0 saturated heterocycles. The van der Waals surface area contributed by atoms with Crippen LogP contribution in [0.15, 0.2) is 0 Å². The smallest absolute Gasteiger partial charge is 0.306 e. The van der Waals surface area contributed by atoms with Gasteiger partial charge in [-0.2, -0.15) is 0 Å². The molecule has 0 aliphatic rings. The van der Waals surface area contributed by atoms with Gasteiger partial charge in [0.05, 0.1) is 0 Å². The van der Waals surface area contributed by atoms with E-state index in [0.717, 1.165) is 69.6 Å². The lowest BCUT2D eigenvalue weighted by atomic mass is 10.0. The molecule has 0 spiro atoms. The minimum Gasteiger partial charge on any atom is -0.462 e. The molecule has 0 heterocycles. The van der Waals surface area contributed by atoms with Gasteiger partial charge in [-0.3, -0.25) is 14.4 Å². The molecule has 6 nitrogen and oxygen atoms in total. The second kappa shape index (κ2) is 54.7. The number of esters is 3.